The van der Waals surface area contributed by atoms with Crippen LogP contribution in [0.2, 0.25) is 0 Å². The maximum Gasteiger partial charge on any atom is 0.338 e. The highest BCUT2D eigenvalue weighted by atomic mass is 32.2. The minimum Gasteiger partial charge on any atom is -0.458 e. The fourth-order valence-electron chi connectivity index (χ4n) is 2.83. The summed E-state index contributed by atoms with van der Waals surface area (Å²) in [5, 5.41) is 0.422. The second-order valence-corrected chi connectivity index (χ2v) is 6.87. The number of benzene rings is 1. The zero-order valence-corrected chi connectivity index (χ0v) is 14.4. The van der Waals surface area contributed by atoms with Gasteiger partial charge < -0.3 is 4.74 Å². The molecule has 3 rings (SSSR count). The van der Waals surface area contributed by atoms with Gasteiger partial charge in [-0.05, 0) is 19.4 Å². The number of fused-ring (bicyclic) bond motifs is 1. The summed E-state index contributed by atoms with van der Waals surface area (Å²) >= 11 is 1.42. The normalized spacial score (nSPS) is 23.0. The number of hydrogen-bond donors (Lipinski definition) is 0. The molecule has 2 unspecified atom stereocenters. The zero-order chi connectivity index (χ0) is 17.3. The second kappa shape index (κ2) is 6.65. The summed E-state index contributed by atoms with van der Waals surface area (Å²) in [6.07, 6.45) is 1.52. The minimum atomic E-state index is -0.513. The molecule has 1 fully saturated rings. The molecule has 1 amide bonds. The summed E-state index contributed by atoms with van der Waals surface area (Å²) in [4.78, 5) is 31.3. The third-order valence-electron chi connectivity index (χ3n) is 3.93. The van der Waals surface area contributed by atoms with E-state index in [9.17, 15) is 9.59 Å². The van der Waals surface area contributed by atoms with Crippen LogP contribution in [0, 0.1) is 0 Å². The maximum atomic E-state index is 12.6. The van der Waals surface area contributed by atoms with Crippen LogP contribution in [0.15, 0.2) is 59.2 Å². The molecular weight excluding hydrogens is 324 g/mol. The van der Waals surface area contributed by atoms with Crippen LogP contribution in [-0.4, -0.2) is 33.8 Å². The highest BCUT2D eigenvalue weighted by Crippen LogP contribution is 2.43. The van der Waals surface area contributed by atoms with Gasteiger partial charge >= 0.3 is 5.97 Å². The van der Waals surface area contributed by atoms with Crippen molar-refractivity contribution in [3.63, 3.8) is 0 Å². The van der Waals surface area contributed by atoms with E-state index in [1.165, 1.54) is 17.8 Å². The Morgan fingerprint density at radius 2 is 2.12 bits per heavy atom. The van der Waals surface area contributed by atoms with Gasteiger partial charge in [0, 0.05) is 0 Å². The van der Waals surface area contributed by atoms with Crippen molar-refractivity contribution in [2.75, 3.05) is 6.61 Å². The van der Waals surface area contributed by atoms with Gasteiger partial charge in [0.25, 0.3) is 0 Å². The quantitative estimate of drug-likeness (QED) is 0.623. The zero-order valence-electron chi connectivity index (χ0n) is 13.6. The number of amides is 1. The molecule has 0 radical (unpaired) electrons. The molecule has 124 valence electrons. The van der Waals surface area contributed by atoms with E-state index in [1.807, 2.05) is 37.3 Å². The lowest BCUT2D eigenvalue weighted by atomic mass is 9.94. The number of amidine groups is 1. The van der Waals surface area contributed by atoms with Crippen molar-refractivity contribution in [3.05, 3.63) is 59.8 Å². The molecule has 0 saturated carbocycles. The van der Waals surface area contributed by atoms with E-state index in [1.54, 1.807) is 11.8 Å². The molecule has 0 aromatic heterocycles. The van der Waals surface area contributed by atoms with Crippen molar-refractivity contribution < 1.29 is 14.3 Å². The summed E-state index contributed by atoms with van der Waals surface area (Å²) in [5.41, 5.74) is 1.84. The van der Waals surface area contributed by atoms with Crippen LogP contribution in [0.4, 0.5) is 0 Å². The lowest BCUT2D eigenvalue weighted by Gasteiger charge is -2.32. The Morgan fingerprint density at radius 3 is 2.79 bits per heavy atom. The van der Waals surface area contributed by atoms with Crippen LogP contribution in [0.1, 0.15) is 25.5 Å². The van der Waals surface area contributed by atoms with Crippen LogP contribution in [-0.2, 0) is 14.3 Å². The van der Waals surface area contributed by atoms with Crippen LogP contribution in [0.3, 0.4) is 0 Å². The minimum absolute atomic E-state index is 0.0471. The largest absolute Gasteiger partial charge is 0.458 e. The summed E-state index contributed by atoms with van der Waals surface area (Å²) < 4.78 is 5.23. The first-order chi connectivity index (χ1) is 11.5. The topological polar surface area (TPSA) is 59.0 Å². The molecule has 0 spiro atoms. The molecule has 2 aliphatic rings. The Kier molecular flexibility index (Phi) is 4.57. The van der Waals surface area contributed by atoms with Crippen LogP contribution in [0.25, 0.3) is 0 Å². The number of carbonyl (C=O) groups is 2. The van der Waals surface area contributed by atoms with E-state index in [4.69, 9.17) is 4.74 Å². The number of ether oxygens (including phenoxy) is 1. The highest BCUT2D eigenvalue weighted by molar-refractivity contribution is 8.15. The monoisotopic (exact) mass is 342 g/mol. The third kappa shape index (κ3) is 2.78. The van der Waals surface area contributed by atoms with Crippen molar-refractivity contribution >= 4 is 28.8 Å². The molecule has 24 heavy (non-hydrogen) atoms. The Balaban J connectivity index is 2.10. The van der Waals surface area contributed by atoms with E-state index in [-0.39, 0.29) is 17.8 Å². The van der Waals surface area contributed by atoms with E-state index in [2.05, 4.69) is 11.6 Å². The Bertz CT molecular complexity index is 755. The van der Waals surface area contributed by atoms with E-state index < -0.39 is 12.0 Å². The molecule has 0 N–H and O–H groups in total. The van der Waals surface area contributed by atoms with Gasteiger partial charge in [-0.1, -0.05) is 54.7 Å². The van der Waals surface area contributed by atoms with Crippen molar-refractivity contribution in [2.45, 2.75) is 25.1 Å². The highest BCUT2D eigenvalue weighted by Gasteiger charge is 2.46. The van der Waals surface area contributed by atoms with Gasteiger partial charge in [-0.3, -0.25) is 9.69 Å². The lowest BCUT2D eigenvalue weighted by Crippen LogP contribution is -2.40. The third-order valence-corrected chi connectivity index (χ3v) is 4.98. The van der Waals surface area contributed by atoms with Gasteiger partial charge in [0.05, 0.1) is 22.6 Å². The summed E-state index contributed by atoms with van der Waals surface area (Å²) in [5.74, 6) is -0.518. The first-order valence-corrected chi connectivity index (χ1v) is 8.54. The molecule has 1 saturated heterocycles. The van der Waals surface area contributed by atoms with E-state index in [0.29, 0.717) is 16.4 Å². The first kappa shape index (κ1) is 16.5. The Hall–Kier alpha value is -2.34. The molecule has 0 bridgehead atoms. The fraction of sp³-hybridized carbons (Fsp3) is 0.278. The number of thioether (sulfide) groups is 1. The number of nitrogens with zero attached hydrogens (tertiary/aromatic N) is 2. The average Bonchev–Trinajstić information content (AvgIpc) is 2.86. The molecule has 2 atom stereocenters. The van der Waals surface area contributed by atoms with E-state index in [0.717, 1.165) is 5.56 Å². The first-order valence-electron chi connectivity index (χ1n) is 7.66. The number of hydrogen-bond acceptors (Lipinski definition) is 5. The van der Waals surface area contributed by atoms with Crippen molar-refractivity contribution in [2.24, 2.45) is 4.99 Å². The van der Waals surface area contributed by atoms with Gasteiger partial charge in [0.15, 0.2) is 5.17 Å². The molecule has 2 aliphatic heterocycles. The number of carbonyl (C=O) groups excluding carboxylic acids is 2. The van der Waals surface area contributed by atoms with Crippen molar-refractivity contribution in [1.82, 2.24) is 4.90 Å². The van der Waals surface area contributed by atoms with Gasteiger partial charge in [-0.15, -0.1) is 0 Å². The van der Waals surface area contributed by atoms with Crippen LogP contribution >= 0.6 is 11.8 Å². The lowest BCUT2D eigenvalue weighted by molar-refractivity contribution is -0.139. The summed E-state index contributed by atoms with van der Waals surface area (Å²) in [6.45, 7) is 7.30. The fourth-order valence-corrected chi connectivity index (χ4v) is 3.86. The van der Waals surface area contributed by atoms with Crippen LogP contribution < -0.4 is 0 Å². The van der Waals surface area contributed by atoms with Crippen molar-refractivity contribution in [3.8, 4) is 0 Å². The average molecular weight is 342 g/mol. The number of allylic oxidation sites excluding steroid dienone is 1. The Morgan fingerprint density at radius 1 is 1.42 bits per heavy atom. The SMILES string of the molecule is C=CCOC(=O)C1=C(C)N=C2SC(C)C(=O)N2C1c1ccccc1. The second-order valence-electron chi connectivity index (χ2n) is 5.56. The molecular formula is C18H18N2O3S. The molecule has 6 heteroatoms. The standard InChI is InChI=1S/C18H18N2O3S/c1-4-10-23-17(22)14-11(2)19-18-20(16(21)12(3)24-18)15(14)13-8-6-5-7-9-13/h4-9,12,15H,1,10H2,2-3H3. The summed E-state index contributed by atoms with van der Waals surface area (Å²) in [7, 11) is 0. The van der Waals surface area contributed by atoms with Gasteiger partial charge in [-0.2, -0.15) is 0 Å². The van der Waals surface area contributed by atoms with E-state index >= 15 is 0 Å². The number of esters is 1. The van der Waals surface area contributed by atoms with Gasteiger partial charge in [0.2, 0.25) is 5.91 Å². The number of rotatable bonds is 4. The predicted molar refractivity (Wildman–Crippen MR) is 94.4 cm³/mol. The smallest absolute Gasteiger partial charge is 0.338 e. The molecule has 1 aromatic carbocycles. The maximum absolute atomic E-state index is 12.6. The molecule has 0 aliphatic carbocycles. The van der Waals surface area contributed by atoms with Crippen LogP contribution in [0.5, 0.6) is 0 Å². The molecule has 1 aromatic rings. The van der Waals surface area contributed by atoms with Crippen molar-refractivity contribution in [1.29, 1.82) is 0 Å². The number of aliphatic imine (C=N–C) groups is 1. The summed E-state index contributed by atoms with van der Waals surface area (Å²) in [6, 6.07) is 8.97. The Labute approximate surface area is 145 Å². The molecule has 2 heterocycles. The van der Waals surface area contributed by atoms with Gasteiger partial charge in [-0.25, -0.2) is 9.79 Å². The predicted octanol–water partition coefficient (Wildman–Crippen LogP) is 3.06. The van der Waals surface area contributed by atoms with Gasteiger partial charge in [0.1, 0.15) is 6.61 Å². The molecule has 5 nitrogen and oxygen atoms in total.